The molecular formula is C18H20N4O6. The highest BCUT2D eigenvalue weighted by molar-refractivity contribution is 5.88. The Labute approximate surface area is 160 Å². The third-order valence-electron chi connectivity index (χ3n) is 3.54. The van der Waals surface area contributed by atoms with Crippen LogP contribution in [-0.4, -0.2) is 42.4 Å². The van der Waals surface area contributed by atoms with Gasteiger partial charge in [-0.25, -0.2) is 5.43 Å². The van der Waals surface area contributed by atoms with Crippen LogP contribution < -0.4 is 20.2 Å². The fourth-order valence-electron chi connectivity index (χ4n) is 2.26. The SMILES string of the molecule is CCOc1cc([N+](=O)[O-])cc(/C=N\NC(=O)CNc2ccccc2OC)c1O. The molecule has 0 unspecified atom stereocenters. The lowest BCUT2D eigenvalue weighted by Gasteiger charge is -2.10. The van der Waals surface area contributed by atoms with Gasteiger partial charge in [-0.15, -0.1) is 0 Å². The fraction of sp³-hybridized carbons (Fsp3) is 0.222. The minimum absolute atomic E-state index is 0.0376. The summed E-state index contributed by atoms with van der Waals surface area (Å²) in [5.74, 6) is -0.221. The highest BCUT2D eigenvalue weighted by Gasteiger charge is 2.16. The molecule has 3 N–H and O–H groups in total. The maximum Gasteiger partial charge on any atom is 0.274 e. The number of non-ortho nitro benzene ring substituents is 1. The third kappa shape index (κ3) is 5.34. The van der Waals surface area contributed by atoms with Gasteiger partial charge in [0.1, 0.15) is 5.75 Å². The Hall–Kier alpha value is -3.82. The first-order valence-corrected chi connectivity index (χ1v) is 8.29. The smallest absolute Gasteiger partial charge is 0.274 e. The maximum atomic E-state index is 11.9. The van der Waals surface area contributed by atoms with Crippen LogP contribution in [0.3, 0.4) is 0 Å². The van der Waals surface area contributed by atoms with Gasteiger partial charge in [0.25, 0.3) is 11.6 Å². The Bertz CT molecular complexity index is 884. The fourth-order valence-corrected chi connectivity index (χ4v) is 2.26. The van der Waals surface area contributed by atoms with E-state index in [-0.39, 0.29) is 35.9 Å². The molecule has 0 aliphatic rings. The van der Waals surface area contributed by atoms with Gasteiger partial charge in [0.15, 0.2) is 11.5 Å². The molecule has 0 aliphatic carbocycles. The van der Waals surface area contributed by atoms with Crippen molar-refractivity contribution in [3.63, 3.8) is 0 Å². The number of nitrogens with zero attached hydrogens (tertiary/aromatic N) is 2. The van der Waals surface area contributed by atoms with E-state index < -0.39 is 10.8 Å². The monoisotopic (exact) mass is 388 g/mol. The number of carbonyl (C=O) groups excluding carboxylic acids is 1. The van der Waals surface area contributed by atoms with Crippen LogP contribution in [0.25, 0.3) is 0 Å². The zero-order valence-corrected chi connectivity index (χ0v) is 15.3. The van der Waals surface area contributed by atoms with Crippen LogP contribution in [0.15, 0.2) is 41.5 Å². The van der Waals surface area contributed by atoms with Crippen molar-refractivity contribution in [2.45, 2.75) is 6.92 Å². The number of anilines is 1. The molecule has 0 atom stereocenters. The number of amides is 1. The number of carbonyl (C=O) groups is 1. The number of nitrogens with one attached hydrogen (secondary N) is 2. The first kappa shape index (κ1) is 20.5. The molecule has 1 amide bonds. The molecule has 0 aromatic heterocycles. The largest absolute Gasteiger partial charge is 0.504 e. The van der Waals surface area contributed by atoms with Gasteiger partial charge in [0.2, 0.25) is 0 Å². The molecule has 0 fully saturated rings. The van der Waals surface area contributed by atoms with E-state index >= 15 is 0 Å². The highest BCUT2D eigenvalue weighted by atomic mass is 16.6. The molecule has 10 nitrogen and oxygen atoms in total. The Kier molecular flexibility index (Phi) is 7.14. The van der Waals surface area contributed by atoms with Gasteiger partial charge in [-0.05, 0) is 19.1 Å². The summed E-state index contributed by atoms with van der Waals surface area (Å²) in [4.78, 5) is 22.3. The minimum atomic E-state index is -0.616. The molecule has 0 bridgehead atoms. The average Bonchev–Trinajstić information content (AvgIpc) is 2.69. The van der Waals surface area contributed by atoms with Crippen molar-refractivity contribution in [2.75, 3.05) is 25.6 Å². The number of hydrogen-bond donors (Lipinski definition) is 3. The average molecular weight is 388 g/mol. The van der Waals surface area contributed by atoms with Gasteiger partial charge in [-0.2, -0.15) is 5.10 Å². The normalized spacial score (nSPS) is 10.5. The number of aromatic hydroxyl groups is 1. The Morgan fingerprint density at radius 2 is 2.07 bits per heavy atom. The second kappa shape index (κ2) is 9.76. The summed E-state index contributed by atoms with van der Waals surface area (Å²) in [6, 6.07) is 9.34. The number of hydrazone groups is 1. The molecule has 0 radical (unpaired) electrons. The van der Waals surface area contributed by atoms with E-state index in [9.17, 15) is 20.0 Å². The zero-order chi connectivity index (χ0) is 20.5. The Morgan fingerprint density at radius 1 is 1.32 bits per heavy atom. The number of methoxy groups -OCH3 is 1. The van der Waals surface area contributed by atoms with Gasteiger partial charge in [-0.3, -0.25) is 14.9 Å². The van der Waals surface area contributed by atoms with Gasteiger partial charge in [0.05, 0.1) is 43.2 Å². The quantitative estimate of drug-likeness (QED) is 0.341. The summed E-state index contributed by atoms with van der Waals surface area (Å²) in [7, 11) is 1.52. The second-order valence-corrected chi connectivity index (χ2v) is 5.42. The van der Waals surface area contributed by atoms with Crippen molar-refractivity contribution in [3.05, 3.63) is 52.1 Å². The second-order valence-electron chi connectivity index (χ2n) is 5.42. The van der Waals surface area contributed by atoms with Crippen molar-refractivity contribution in [2.24, 2.45) is 5.10 Å². The number of nitro benzene ring substituents is 1. The predicted molar refractivity (Wildman–Crippen MR) is 103 cm³/mol. The highest BCUT2D eigenvalue weighted by Crippen LogP contribution is 2.33. The van der Waals surface area contributed by atoms with Gasteiger partial charge >= 0.3 is 0 Å². The van der Waals surface area contributed by atoms with E-state index in [0.29, 0.717) is 11.4 Å². The molecule has 148 valence electrons. The number of phenolic OH excluding ortho intramolecular Hbond substituents is 1. The van der Waals surface area contributed by atoms with Crippen LogP contribution in [0, 0.1) is 10.1 Å². The number of rotatable bonds is 9. The number of hydrogen-bond acceptors (Lipinski definition) is 8. The van der Waals surface area contributed by atoms with E-state index in [1.165, 1.54) is 7.11 Å². The van der Waals surface area contributed by atoms with Crippen LogP contribution >= 0.6 is 0 Å². The number of nitro groups is 1. The van der Waals surface area contributed by atoms with Crippen molar-refractivity contribution in [1.29, 1.82) is 0 Å². The lowest BCUT2D eigenvalue weighted by molar-refractivity contribution is -0.385. The predicted octanol–water partition coefficient (Wildman–Crippen LogP) is 2.27. The molecule has 2 aromatic rings. The molecule has 0 aliphatic heterocycles. The van der Waals surface area contributed by atoms with E-state index in [1.54, 1.807) is 31.2 Å². The lowest BCUT2D eigenvalue weighted by Crippen LogP contribution is -2.26. The summed E-state index contributed by atoms with van der Waals surface area (Å²) >= 11 is 0. The van der Waals surface area contributed by atoms with E-state index in [2.05, 4.69) is 15.8 Å². The standard InChI is InChI=1S/C18H20N4O6/c1-3-28-16-9-13(22(25)26)8-12(18(16)24)10-20-21-17(23)11-19-14-6-4-5-7-15(14)27-2/h4-10,19,24H,3,11H2,1-2H3,(H,21,23)/b20-10-. The van der Waals surface area contributed by atoms with Gasteiger partial charge in [0, 0.05) is 11.6 Å². The first-order chi connectivity index (χ1) is 13.5. The topological polar surface area (TPSA) is 135 Å². The molecular weight excluding hydrogens is 368 g/mol. The van der Waals surface area contributed by atoms with Crippen molar-refractivity contribution < 1.29 is 24.3 Å². The van der Waals surface area contributed by atoms with Gasteiger partial charge in [-0.1, -0.05) is 12.1 Å². The zero-order valence-electron chi connectivity index (χ0n) is 15.3. The maximum absolute atomic E-state index is 11.9. The van der Waals surface area contributed by atoms with E-state index in [4.69, 9.17) is 9.47 Å². The van der Waals surface area contributed by atoms with Crippen LogP contribution in [0.4, 0.5) is 11.4 Å². The summed E-state index contributed by atoms with van der Waals surface area (Å²) < 4.78 is 10.4. The minimum Gasteiger partial charge on any atom is -0.504 e. The Morgan fingerprint density at radius 3 is 2.75 bits per heavy atom. The molecule has 2 aromatic carbocycles. The summed E-state index contributed by atoms with van der Waals surface area (Å²) in [6.45, 7) is 1.82. The van der Waals surface area contributed by atoms with Crippen molar-refractivity contribution in [1.82, 2.24) is 5.43 Å². The molecule has 0 saturated heterocycles. The summed E-state index contributed by atoms with van der Waals surface area (Å²) in [5.41, 5.74) is 2.68. The lowest BCUT2D eigenvalue weighted by atomic mass is 10.1. The van der Waals surface area contributed by atoms with E-state index in [0.717, 1.165) is 18.3 Å². The molecule has 2 rings (SSSR count). The third-order valence-corrected chi connectivity index (χ3v) is 3.54. The van der Waals surface area contributed by atoms with Crippen molar-refractivity contribution in [3.8, 4) is 17.2 Å². The molecule has 28 heavy (non-hydrogen) atoms. The van der Waals surface area contributed by atoms with Gasteiger partial charge < -0.3 is 19.9 Å². The van der Waals surface area contributed by atoms with Crippen LogP contribution in [0.5, 0.6) is 17.2 Å². The molecule has 0 spiro atoms. The summed E-state index contributed by atoms with van der Waals surface area (Å²) in [6.07, 6.45) is 1.10. The van der Waals surface area contributed by atoms with Crippen LogP contribution in [-0.2, 0) is 4.79 Å². The molecule has 0 saturated carbocycles. The summed E-state index contributed by atoms with van der Waals surface area (Å²) in [5, 5.41) is 27.8. The van der Waals surface area contributed by atoms with Crippen LogP contribution in [0.2, 0.25) is 0 Å². The Balaban J connectivity index is 2.03. The number of ether oxygens (including phenoxy) is 2. The number of phenols is 1. The van der Waals surface area contributed by atoms with Crippen LogP contribution in [0.1, 0.15) is 12.5 Å². The molecule has 0 heterocycles. The number of benzene rings is 2. The first-order valence-electron chi connectivity index (χ1n) is 8.29. The molecule has 10 heteroatoms. The van der Waals surface area contributed by atoms with E-state index in [1.807, 2.05) is 0 Å². The number of para-hydroxylation sites is 2. The van der Waals surface area contributed by atoms with Crippen molar-refractivity contribution >= 4 is 23.5 Å².